The Kier molecular flexibility index (Phi) is 5.11. The maximum absolute atomic E-state index is 12.3. The van der Waals surface area contributed by atoms with Gasteiger partial charge in [0.15, 0.2) is 0 Å². The Bertz CT molecular complexity index is 830. The maximum Gasteiger partial charge on any atom is 0.573 e. The Morgan fingerprint density at radius 1 is 1.37 bits per heavy atom. The summed E-state index contributed by atoms with van der Waals surface area (Å²) in [6.45, 7) is 6.96. The number of amides is 1. The van der Waals surface area contributed by atoms with E-state index in [4.69, 9.17) is 0 Å². The largest absolute Gasteiger partial charge is 0.573 e. The van der Waals surface area contributed by atoms with Crippen molar-refractivity contribution in [2.24, 2.45) is 5.92 Å². The number of carbonyl (C=O) groups is 1. The Labute approximate surface area is 154 Å². The van der Waals surface area contributed by atoms with Gasteiger partial charge < -0.3 is 15.0 Å². The van der Waals surface area contributed by atoms with Gasteiger partial charge in [0.2, 0.25) is 5.91 Å². The normalized spacial score (nSPS) is 16.6. The molecule has 1 atom stereocenters. The first-order valence-corrected chi connectivity index (χ1v) is 8.33. The standard InChI is InChI=1S/C18H19F3N4O2/c1-3-16(26)22-9-13-10-24(17-8-12(2)23-25(17)11-13)14-4-6-15(7-5-14)27-18(19,20)21/h3-8,13H,1,9-11H2,2H3,(H,22,26)/t13-/m1/s1. The molecule has 27 heavy (non-hydrogen) atoms. The minimum atomic E-state index is -4.73. The van der Waals surface area contributed by atoms with Crippen LogP contribution in [0, 0.1) is 12.8 Å². The molecule has 144 valence electrons. The molecule has 2 aromatic rings. The highest BCUT2D eigenvalue weighted by atomic mass is 19.4. The summed E-state index contributed by atoms with van der Waals surface area (Å²) in [6.07, 6.45) is -3.51. The molecule has 0 bridgehead atoms. The summed E-state index contributed by atoms with van der Waals surface area (Å²) >= 11 is 0. The number of fused-ring (bicyclic) bond motifs is 1. The number of aromatic nitrogens is 2. The Hall–Kier alpha value is -2.97. The smallest absolute Gasteiger partial charge is 0.406 e. The summed E-state index contributed by atoms with van der Waals surface area (Å²) in [5.74, 6) is 0.399. The molecule has 0 saturated carbocycles. The van der Waals surface area contributed by atoms with E-state index >= 15 is 0 Å². The van der Waals surface area contributed by atoms with E-state index in [1.807, 2.05) is 22.6 Å². The van der Waals surface area contributed by atoms with Gasteiger partial charge in [0, 0.05) is 37.3 Å². The summed E-state index contributed by atoms with van der Waals surface area (Å²) < 4.78 is 42.8. The Balaban J connectivity index is 1.82. The molecule has 0 fully saturated rings. The number of alkyl halides is 3. The topological polar surface area (TPSA) is 59.4 Å². The first kappa shape index (κ1) is 18.8. The molecular weight excluding hydrogens is 361 g/mol. The number of benzene rings is 1. The quantitative estimate of drug-likeness (QED) is 0.810. The van der Waals surface area contributed by atoms with Crippen LogP contribution in [0.3, 0.4) is 0 Å². The van der Waals surface area contributed by atoms with E-state index in [2.05, 4.69) is 21.7 Å². The highest BCUT2D eigenvalue weighted by Gasteiger charge is 2.31. The predicted octanol–water partition coefficient (Wildman–Crippen LogP) is 3.16. The maximum atomic E-state index is 12.3. The Morgan fingerprint density at radius 3 is 2.70 bits per heavy atom. The minimum Gasteiger partial charge on any atom is -0.406 e. The lowest BCUT2D eigenvalue weighted by Gasteiger charge is -2.34. The first-order chi connectivity index (χ1) is 12.7. The van der Waals surface area contributed by atoms with Crippen LogP contribution in [0.15, 0.2) is 43.0 Å². The molecule has 3 rings (SSSR count). The molecule has 6 nitrogen and oxygen atoms in total. The van der Waals surface area contributed by atoms with Gasteiger partial charge in [-0.3, -0.25) is 4.79 Å². The summed E-state index contributed by atoms with van der Waals surface area (Å²) in [5.41, 5.74) is 1.55. The lowest BCUT2D eigenvalue weighted by Crippen LogP contribution is -2.41. The summed E-state index contributed by atoms with van der Waals surface area (Å²) in [5, 5.41) is 7.24. The molecule has 0 unspecified atom stereocenters. The predicted molar refractivity (Wildman–Crippen MR) is 93.8 cm³/mol. The number of carbonyl (C=O) groups excluding carboxylic acids is 1. The molecule has 1 amide bonds. The van der Waals surface area contributed by atoms with Gasteiger partial charge in [0.05, 0.1) is 5.69 Å². The molecule has 0 radical (unpaired) electrons. The second-order valence-corrected chi connectivity index (χ2v) is 6.29. The molecule has 1 aliphatic rings. The molecule has 0 spiro atoms. The second kappa shape index (κ2) is 7.34. The van der Waals surface area contributed by atoms with E-state index in [0.29, 0.717) is 25.3 Å². The number of aryl methyl sites for hydroxylation is 1. The van der Waals surface area contributed by atoms with Crippen molar-refractivity contribution >= 4 is 17.4 Å². The van der Waals surface area contributed by atoms with Crippen molar-refractivity contribution < 1.29 is 22.7 Å². The summed E-state index contributed by atoms with van der Waals surface area (Å²) in [7, 11) is 0. The molecule has 0 aliphatic carbocycles. The van der Waals surface area contributed by atoms with Crippen molar-refractivity contribution in [3.63, 3.8) is 0 Å². The monoisotopic (exact) mass is 380 g/mol. The van der Waals surface area contributed by atoms with Crippen molar-refractivity contribution in [3.8, 4) is 5.75 Å². The lowest BCUT2D eigenvalue weighted by molar-refractivity contribution is -0.274. The van der Waals surface area contributed by atoms with Gasteiger partial charge in [-0.2, -0.15) is 5.10 Å². The third kappa shape index (κ3) is 4.60. The summed E-state index contributed by atoms with van der Waals surface area (Å²) in [6, 6.07) is 7.61. The number of anilines is 2. The molecule has 1 N–H and O–H groups in total. The van der Waals surface area contributed by atoms with Gasteiger partial charge in [-0.15, -0.1) is 13.2 Å². The van der Waals surface area contributed by atoms with E-state index in [9.17, 15) is 18.0 Å². The van der Waals surface area contributed by atoms with Crippen molar-refractivity contribution in [2.75, 3.05) is 18.0 Å². The van der Waals surface area contributed by atoms with Crippen LogP contribution < -0.4 is 15.0 Å². The van der Waals surface area contributed by atoms with Crippen LogP contribution in [0.2, 0.25) is 0 Å². The van der Waals surface area contributed by atoms with Gasteiger partial charge in [-0.1, -0.05) is 6.58 Å². The van der Waals surface area contributed by atoms with E-state index in [1.165, 1.54) is 18.2 Å². The van der Waals surface area contributed by atoms with Crippen LogP contribution in [-0.2, 0) is 11.3 Å². The number of hydrogen-bond donors (Lipinski definition) is 1. The third-order valence-electron chi connectivity index (χ3n) is 4.16. The summed E-state index contributed by atoms with van der Waals surface area (Å²) in [4.78, 5) is 13.4. The van der Waals surface area contributed by atoms with Crippen molar-refractivity contribution in [1.82, 2.24) is 15.1 Å². The van der Waals surface area contributed by atoms with Gasteiger partial charge in [0.1, 0.15) is 11.6 Å². The number of ether oxygens (including phenoxy) is 1. The fraction of sp³-hybridized carbons (Fsp3) is 0.333. The van der Waals surface area contributed by atoms with Gasteiger partial charge in [-0.05, 0) is 37.3 Å². The zero-order chi connectivity index (χ0) is 19.6. The molecule has 1 aromatic carbocycles. The average molecular weight is 380 g/mol. The van der Waals surface area contributed by atoms with E-state index < -0.39 is 6.36 Å². The molecule has 1 aromatic heterocycles. The van der Waals surface area contributed by atoms with Crippen LogP contribution in [-0.4, -0.2) is 35.1 Å². The number of rotatable bonds is 5. The van der Waals surface area contributed by atoms with E-state index in [0.717, 1.165) is 11.5 Å². The molecule has 0 saturated heterocycles. The Morgan fingerprint density at radius 2 is 2.07 bits per heavy atom. The van der Waals surface area contributed by atoms with Crippen molar-refractivity contribution in [1.29, 1.82) is 0 Å². The van der Waals surface area contributed by atoms with Crippen molar-refractivity contribution in [3.05, 3.63) is 48.7 Å². The van der Waals surface area contributed by atoms with Crippen LogP contribution in [0.5, 0.6) is 5.75 Å². The first-order valence-electron chi connectivity index (χ1n) is 8.33. The zero-order valence-corrected chi connectivity index (χ0v) is 14.7. The average Bonchev–Trinajstić information content (AvgIpc) is 2.98. The van der Waals surface area contributed by atoms with Crippen LogP contribution in [0.1, 0.15) is 5.69 Å². The molecule has 2 heterocycles. The highest BCUT2D eigenvalue weighted by molar-refractivity contribution is 5.86. The second-order valence-electron chi connectivity index (χ2n) is 6.29. The molecular formula is C18H19F3N4O2. The lowest BCUT2D eigenvalue weighted by atomic mass is 10.1. The number of nitrogens with one attached hydrogen (secondary N) is 1. The zero-order valence-electron chi connectivity index (χ0n) is 14.7. The number of halogens is 3. The van der Waals surface area contributed by atoms with Crippen molar-refractivity contribution in [2.45, 2.75) is 19.8 Å². The van der Waals surface area contributed by atoms with Crippen LogP contribution in [0.4, 0.5) is 24.7 Å². The molecule has 9 heteroatoms. The fourth-order valence-electron chi connectivity index (χ4n) is 3.05. The van der Waals surface area contributed by atoms with Gasteiger partial charge in [-0.25, -0.2) is 4.68 Å². The highest BCUT2D eigenvalue weighted by Crippen LogP contribution is 2.33. The minimum absolute atomic E-state index is 0.0757. The number of nitrogens with zero attached hydrogens (tertiary/aromatic N) is 3. The van der Waals surface area contributed by atoms with E-state index in [1.54, 1.807) is 12.1 Å². The molecule has 1 aliphatic heterocycles. The van der Waals surface area contributed by atoms with Gasteiger partial charge in [0.25, 0.3) is 0 Å². The van der Waals surface area contributed by atoms with Crippen LogP contribution >= 0.6 is 0 Å². The number of hydrogen-bond acceptors (Lipinski definition) is 4. The van der Waals surface area contributed by atoms with Gasteiger partial charge >= 0.3 is 6.36 Å². The van der Waals surface area contributed by atoms with E-state index in [-0.39, 0.29) is 17.6 Å². The van der Waals surface area contributed by atoms with Crippen LogP contribution in [0.25, 0.3) is 0 Å². The third-order valence-corrected chi connectivity index (χ3v) is 4.16. The SMILES string of the molecule is C=CC(=O)NC[C@@H]1CN(c2ccc(OC(F)(F)F)cc2)c2cc(C)nn2C1. The fourth-order valence-corrected chi connectivity index (χ4v) is 3.05.